The third kappa shape index (κ3) is 7.57. The molecule has 3 aromatic carbocycles. The first-order valence-electron chi connectivity index (χ1n) is 11.0. The highest BCUT2D eigenvalue weighted by atomic mass is 35.5. The minimum Gasteiger partial charge on any atom is -0.492 e. The predicted octanol–water partition coefficient (Wildman–Crippen LogP) is 4.15. The summed E-state index contributed by atoms with van der Waals surface area (Å²) in [7, 11) is 0. The van der Waals surface area contributed by atoms with E-state index in [-0.39, 0.29) is 12.5 Å². The Balaban J connectivity index is 1.54. The number of para-hydroxylation sites is 3. The van der Waals surface area contributed by atoms with Crippen LogP contribution < -0.4 is 25.5 Å². The molecule has 3 amide bonds. The lowest BCUT2D eigenvalue weighted by molar-refractivity contribution is -0.136. The summed E-state index contributed by atoms with van der Waals surface area (Å²) >= 11 is 6.08. The van der Waals surface area contributed by atoms with Crippen LogP contribution in [0.15, 0.2) is 71.8 Å². The molecule has 3 aromatic rings. The van der Waals surface area contributed by atoms with Crippen molar-refractivity contribution in [1.82, 2.24) is 5.43 Å². The Morgan fingerprint density at radius 2 is 1.64 bits per heavy atom. The molecule has 3 rings (SSSR count). The van der Waals surface area contributed by atoms with Crippen molar-refractivity contribution in [2.75, 3.05) is 23.8 Å². The number of carbonyl (C=O) groups excluding carboxylic acids is 3. The number of benzene rings is 3. The normalized spacial score (nSPS) is 10.5. The smallest absolute Gasteiger partial charge is 0.329 e. The van der Waals surface area contributed by atoms with Gasteiger partial charge in [-0.15, -0.1) is 0 Å². The second kappa shape index (κ2) is 12.9. The zero-order valence-corrected chi connectivity index (χ0v) is 20.5. The van der Waals surface area contributed by atoms with Crippen LogP contribution in [0.4, 0.5) is 11.4 Å². The molecule has 0 aliphatic carbocycles. The molecule has 0 heterocycles. The molecule has 36 heavy (non-hydrogen) atoms. The zero-order chi connectivity index (χ0) is 25.9. The van der Waals surface area contributed by atoms with Crippen molar-refractivity contribution in [2.45, 2.75) is 13.8 Å². The van der Waals surface area contributed by atoms with Crippen molar-refractivity contribution in [3.63, 3.8) is 0 Å². The van der Waals surface area contributed by atoms with E-state index in [1.54, 1.807) is 66.7 Å². The number of ether oxygens (including phenoxy) is 2. The van der Waals surface area contributed by atoms with Gasteiger partial charge in [0.25, 0.3) is 5.91 Å². The predicted molar refractivity (Wildman–Crippen MR) is 139 cm³/mol. The monoisotopic (exact) mass is 508 g/mol. The molecule has 186 valence electrons. The summed E-state index contributed by atoms with van der Waals surface area (Å²) in [4.78, 5) is 36.6. The Kier molecular flexibility index (Phi) is 9.41. The summed E-state index contributed by atoms with van der Waals surface area (Å²) in [5, 5.41) is 9.57. The van der Waals surface area contributed by atoms with Gasteiger partial charge in [-0.3, -0.25) is 14.4 Å². The average Bonchev–Trinajstić information content (AvgIpc) is 2.87. The first-order valence-corrected chi connectivity index (χ1v) is 11.4. The standard InChI is InChI=1S/C26H25ClN4O5/c1-3-35-23-11-7-5-9-21(23)30-25(33)26(34)31-28-15-18-8-4-6-10-22(18)36-16-24(32)29-19-13-12-17(2)20(27)14-19/h4-15H,3,16H2,1-2H3,(H,29,32)(H,30,33)(H,31,34)/b28-15-. The van der Waals surface area contributed by atoms with Crippen LogP contribution in [0.2, 0.25) is 5.02 Å². The summed E-state index contributed by atoms with van der Waals surface area (Å²) in [5.41, 5.74) is 4.48. The molecule has 10 heteroatoms. The van der Waals surface area contributed by atoms with Gasteiger partial charge in [-0.2, -0.15) is 5.10 Å². The van der Waals surface area contributed by atoms with Gasteiger partial charge in [0.2, 0.25) is 0 Å². The van der Waals surface area contributed by atoms with Gasteiger partial charge in [-0.1, -0.05) is 41.9 Å². The molecule has 0 saturated heterocycles. The molecular formula is C26H25ClN4O5. The highest BCUT2D eigenvalue weighted by molar-refractivity contribution is 6.39. The highest BCUT2D eigenvalue weighted by Crippen LogP contribution is 2.23. The highest BCUT2D eigenvalue weighted by Gasteiger charge is 2.15. The van der Waals surface area contributed by atoms with E-state index < -0.39 is 11.8 Å². The van der Waals surface area contributed by atoms with Gasteiger partial charge in [0, 0.05) is 16.3 Å². The molecule has 0 radical (unpaired) electrons. The summed E-state index contributed by atoms with van der Waals surface area (Å²) < 4.78 is 11.0. The lowest BCUT2D eigenvalue weighted by atomic mass is 10.2. The number of aryl methyl sites for hydroxylation is 1. The number of rotatable bonds is 9. The molecule has 0 unspecified atom stereocenters. The second-order valence-electron chi connectivity index (χ2n) is 7.42. The van der Waals surface area contributed by atoms with Gasteiger partial charge >= 0.3 is 11.8 Å². The van der Waals surface area contributed by atoms with Crippen molar-refractivity contribution in [1.29, 1.82) is 0 Å². The number of carbonyl (C=O) groups is 3. The number of hydrogen-bond acceptors (Lipinski definition) is 6. The van der Waals surface area contributed by atoms with Gasteiger partial charge in [0.05, 0.1) is 18.5 Å². The van der Waals surface area contributed by atoms with E-state index >= 15 is 0 Å². The summed E-state index contributed by atoms with van der Waals surface area (Å²) in [6.45, 7) is 3.83. The molecule has 0 fully saturated rings. The fourth-order valence-electron chi connectivity index (χ4n) is 2.97. The lowest BCUT2D eigenvalue weighted by Gasteiger charge is -2.11. The van der Waals surface area contributed by atoms with Crippen LogP contribution in [0.25, 0.3) is 0 Å². The van der Waals surface area contributed by atoms with Crippen LogP contribution in [0.3, 0.4) is 0 Å². The van der Waals surface area contributed by atoms with E-state index in [0.29, 0.717) is 40.1 Å². The van der Waals surface area contributed by atoms with E-state index in [1.807, 2.05) is 13.8 Å². The van der Waals surface area contributed by atoms with Gasteiger partial charge < -0.3 is 20.1 Å². The number of amides is 3. The van der Waals surface area contributed by atoms with Gasteiger partial charge in [-0.05, 0) is 55.8 Å². The Morgan fingerprint density at radius 3 is 2.39 bits per heavy atom. The first kappa shape index (κ1) is 26.2. The third-order valence-corrected chi connectivity index (χ3v) is 5.15. The molecule has 9 nitrogen and oxygen atoms in total. The topological polar surface area (TPSA) is 118 Å². The van der Waals surface area contributed by atoms with Crippen LogP contribution in [-0.2, 0) is 14.4 Å². The fraction of sp³-hybridized carbons (Fsp3) is 0.154. The molecule has 0 aliphatic heterocycles. The third-order valence-electron chi connectivity index (χ3n) is 4.74. The van der Waals surface area contributed by atoms with E-state index in [2.05, 4.69) is 21.2 Å². The summed E-state index contributed by atoms with van der Waals surface area (Å²) in [6, 6.07) is 18.8. The van der Waals surface area contributed by atoms with Crippen molar-refractivity contribution in [3.8, 4) is 11.5 Å². The van der Waals surface area contributed by atoms with Crippen LogP contribution in [0.5, 0.6) is 11.5 Å². The second-order valence-corrected chi connectivity index (χ2v) is 7.83. The first-order chi connectivity index (χ1) is 17.4. The van der Waals surface area contributed by atoms with Crippen molar-refractivity contribution in [3.05, 3.63) is 82.9 Å². The Morgan fingerprint density at radius 1 is 0.917 bits per heavy atom. The minimum atomic E-state index is -0.966. The quantitative estimate of drug-likeness (QED) is 0.228. The van der Waals surface area contributed by atoms with Crippen LogP contribution in [0.1, 0.15) is 18.1 Å². The Labute approximate surface area is 213 Å². The maximum absolute atomic E-state index is 12.3. The Bertz CT molecular complexity index is 1280. The van der Waals surface area contributed by atoms with Gasteiger partial charge in [-0.25, -0.2) is 5.43 Å². The van der Waals surface area contributed by atoms with Crippen molar-refractivity contribution >= 4 is 46.9 Å². The number of halogens is 1. The molecule has 0 aromatic heterocycles. The van der Waals surface area contributed by atoms with Crippen LogP contribution in [0, 0.1) is 6.92 Å². The SMILES string of the molecule is CCOc1ccccc1NC(=O)C(=O)N/N=C\c1ccccc1OCC(=O)Nc1ccc(C)c(Cl)c1. The van der Waals surface area contributed by atoms with Gasteiger partial charge in [0.1, 0.15) is 11.5 Å². The number of hydrazone groups is 1. The lowest BCUT2D eigenvalue weighted by Crippen LogP contribution is -2.32. The molecule has 0 spiro atoms. The van der Waals surface area contributed by atoms with Crippen molar-refractivity contribution < 1.29 is 23.9 Å². The maximum atomic E-state index is 12.3. The Hall–Kier alpha value is -4.37. The molecule has 0 saturated carbocycles. The molecular weight excluding hydrogens is 484 g/mol. The van der Waals surface area contributed by atoms with E-state index in [9.17, 15) is 14.4 Å². The summed E-state index contributed by atoms with van der Waals surface area (Å²) in [5.74, 6) is -1.43. The number of nitrogens with one attached hydrogen (secondary N) is 3. The molecule has 0 aliphatic rings. The number of hydrogen-bond donors (Lipinski definition) is 3. The fourth-order valence-corrected chi connectivity index (χ4v) is 3.15. The maximum Gasteiger partial charge on any atom is 0.329 e. The van der Waals surface area contributed by atoms with Gasteiger partial charge in [0.15, 0.2) is 6.61 Å². The van der Waals surface area contributed by atoms with E-state index in [4.69, 9.17) is 21.1 Å². The minimum absolute atomic E-state index is 0.260. The van der Waals surface area contributed by atoms with Crippen LogP contribution in [-0.4, -0.2) is 37.1 Å². The number of nitrogens with zero attached hydrogens (tertiary/aromatic N) is 1. The van der Waals surface area contributed by atoms with E-state index in [1.165, 1.54) is 6.21 Å². The van der Waals surface area contributed by atoms with Crippen molar-refractivity contribution in [2.24, 2.45) is 5.10 Å². The zero-order valence-electron chi connectivity index (χ0n) is 19.7. The molecule has 3 N–H and O–H groups in total. The largest absolute Gasteiger partial charge is 0.492 e. The van der Waals surface area contributed by atoms with Crippen LogP contribution >= 0.6 is 11.6 Å². The summed E-state index contributed by atoms with van der Waals surface area (Å²) in [6.07, 6.45) is 1.31. The average molecular weight is 509 g/mol. The molecule has 0 atom stereocenters. The molecule has 0 bridgehead atoms. The van der Waals surface area contributed by atoms with E-state index in [0.717, 1.165) is 5.56 Å². The number of anilines is 2.